The molecule has 1 aromatic carbocycles. The van der Waals surface area contributed by atoms with Crippen LogP contribution < -0.4 is 5.73 Å². The van der Waals surface area contributed by atoms with E-state index in [1.807, 2.05) is 4.57 Å². The molecule has 3 rings (SSSR count). The molecule has 88 valence electrons. The molecule has 2 N–H and O–H groups in total. The lowest BCUT2D eigenvalue weighted by molar-refractivity contribution is 0.454. The number of aromatic nitrogens is 3. The predicted octanol–water partition coefficient (Wildman–Crippen LogP) is 1.88. The number of halogens is 1. The van der Waals surface area contributed by atoms with E-state index in [1.54, 1.807) is 12.1 Å². The average Bonchev–Trinajstić information content (AvgIpc) is 2.75. The van der Waals surface area contributed by atoms with Crippen molar-refractivity contribution in [3.63, 3.8) is 0 Å². The monoisotopic (exact) mass is 232 g/mol. The number of rotatable bonds is 1. The summed E-state index contributed by atoms with van der Waals surface area (Å²) < 4.78 is 14.9. The third-order valence-electron chi connectivity index (χ3n) is 3.11. The Morgan fingerprint density at radius 2 is 2.00 bits per heavy atom. The van der Waals surface area contributed by atoms with Gasteiger partial charge >= 0.3 is 0 Å². The fourth-order valence-corrected chi connectivity index (χ4v) is 2.22. The van der Waals surface area contributed by atoms with Gasteiger partial charge in [0.05, 0.1) is 6.04 Å². The average molecular weight is 232 g/mol. The van der Waals surface area contributed by atoms with Crippen molar-refractivity contribution < 1.29 is 4.39 Å². The third-order valence-corrected chi connectivity index (χ3v) is 3.11. The van der Waals surface area contributed by atoms with Crippen molar-refractivity contribution in [3.05, 3.63) is 35.9 Å². The molecule has 17 heavy (non-hydrogen) atoms. The lowest BCUT2D eigenvalue weighted by Gasteiger charge is -2.20. The maximum absolute atomic E-state index is 12.9. The Hall–Kier alpha value is -1.75. The first-order valence-electron chi connectivity index (χ1n) is 5.70. The lowest BCUT2D eigenvalue weighted by atomic mass is 10.1. The molecule has 2 aromatic rings. The van der Waals surface area contributed by atoms with Crippen LogP contribution in [0.15, 0.2) is 24.3 Å². The second-order valence-corrected chi connectivity index (χ2v) is 4.29. The SMILES string of the molecule is NC1CCCn2c(-c3ccc(F)cc3)nnc21. The first-order valence-corrected chi connectivity index (χ1v) is 5.70. The third kappa shape index (κ3) is 1.72. The first-order chi connectivity index (χ1) is 8.25. The van der Waals surface area contributed by atoms with E-state index in [-0.39, 0.29) is 11.9 Å². The van der Waals surface area contributed by atoms with Gasteiger partial charge in [-0.3, -0.25) is 0 Å². The van der Waals surface area contributed by atoms with Crippen LogP contribution in [-0.2, 0) is 6.54 Å². The van der Waals surface area contributed by atoms with Crippen LogP contribution in [0.25, 0.3) is 11.4 Å². The molecule has 0 aliphatic carbocycles. The van der Waals surface area contributed by atoms with Gasteiger partial charge in [-0.2, -0.15) is 0 Å². The van der Waals surface area contributed by atoms with Gasteiger partial charge in [0.2, 0.25) is 0 Å². The Balaban J connectivity index is 2.07. The Kier molecular flexibility index (Phi) is 2.40. The molecular formula is C12H13FN4. The summed E-state index contributed by atoms with van der Waals surface area (Å²) in [4.78, 5) is 0. The molecule has 0 radical (unpaired) electrons. The highest BCUT2D eigenvalue weighted by Gasteiger charge is 2.22. The molecular weight excluding hydrogens is 219 g/mol. The number of fused-ring (bicyclic) bond motifs is 1. The van der Waals surface area contributed by atoms with Crippen molar-refractivity contribution in [2.45, 2.75) is 25.4 Å². The summed E-state index contributed by atoms with van der Waals surface area (Å²) in [5.74, 6) is 1.36. The zero-order valence-electron chi connectivity index (χ0n) is 9.31. The highest BCUT2D eigenvalue weighted by Crippen LogP contribution is 2.26. The fraction of sp³-hybridized carbons (Fsp3) is 0.333. The summed E-state index contributed by atoms with van der Waals surface area (Å²) in [6.45, 7) is 0.878. The molecule has 0 fully saturated rings. The van der Waals surface area contributed by atoms with E-state index >= 15 is 0 Å². The van der Waals surface area contributed by atoms with E-state index < -0.39 is 0 Å². The van der Waals surface area contributed by atoms with E-state index in [9.17, 15) is 4.39 Å². The van der Waals surface area contributed by atoms with Gasteiger partial charge in [-0.1, -0.05) is 0 Å². The predicted molar refractivity (Wildman–Crippen MR) is 61.6 cm³/mol. The molecule has 5 heteroatoms. The lowest BCUT2D eigenvalue weighted by Crippen LogP contribution is -2.22. The summed E-state index contributed by atoms with van der Waals surface area (Å²) in [5, 5.41) is 8.29. The van der Waals surface area contributed by atoms with Gasteiger partial charge in [0, 0.05) is 12.1 Å². The Morgan fingerprint density at radius 1 is 1.24 bits per heavy atom. The maximum Gasteiger partial charge on any atom is 0.164 e. The van der Waals surface area contributed by atoms with Crippen molar-refractivity contribution in [3.8, 4) is 11.4 Å². The minimum absolute atomic E-state index is 0.0366. The molecule has 1 aromatic heterocycles. The molecule has 0 bridgehead atoms. The molecule has 0 saturated heterocycles. The van der Waals surface area contributed by atoms with Gasteiger partial charge < -0.3 is 10.3 Å². The van der Waals surface area contributed by atoms with Crippen LogP contribution in [0.4, 0.5) is 4.39 Å². The van der Waals surface area contributed by atoms with Gasteiger partial charge in [-0.15, -0.1) is 10.2 Å². The van der Waals surface area contributed by atoms with E-state index in [0.29, 0.717) is 0 Å². The van der Waals surface area contributed by atoms with Crippen LogP contribution >= 0.6 is 0 Å². The summed E-state index contributed by atoms with van der Waals surface area (Å²) in [6.07, 6.45) is 1.97. The minimum atomic E-state index is -0.246. The van der Waals surface area contributed by atoms with Crippen LogP contribution in [0.3, 0.4) is 0 Å². The van der Waals surface area contributed by atoms with Crippen LogP contribution in [0.2, 0.25) is 0 Å². The van der Waals surface area contributed by atoms with Gasteiger partial charge in [-0.05, 0) is 37.1 Å². The highest BCUT2D eigenvalue weighted by molar-refractivity contribution is 5.55. The molecule has 2 heterocycles. The van der Waals surface area contributed by atoms with Crippen LogP contribution in [-0.4, -0.2) is 14.8 Å². The minimum Gasteiger partial charge on any atom is -0.321 e. The number of nitrogens with zero attached hydrogens (tertiary/aromatic N) is 3. The Bertz CT molecular complexity index is 532. The second kappa shape index (κ2) is 3.92. The summed E-state index contributed by atoms with van der Waals surface area (Å²) in [5.41, 5.74) is 6.85. The Labute approximate surface area is 98.3 Å². The van der Waals surface area contributed by atoms with Crippen LogP contribution in [0.5, 0.6) is 0 Å². The summed E-state index contributed by atoms with van der Waals surface area (Å²) in [6, 6.07) is 6.25. The number of benzene rings is 1. The van der Waals surface area contributed by atoms with E-state index in [1.165, 1.54) is 12.1 Å². The molecule has 0 amide bonds. The molecule has 4 nitrogen and oxygen atoms in total. The zero-order chi connectivity index (χ0) is 11.8. The molecule has 0 spiro atoms. The van der Waals surface area contributed by atoms with Gasteiger partial charge in [0.25, 0.3) is 0 Å². The van der Waals surface area contributed by atoms with Gasteiger partial charge in [0.15, 0.2) is 5.82 Å². The fourth-order valence-electron chi connectivity index (χ4n) is 2.22. The molecule has 1 aliphatic heterocycles. The number of hydrogen-bond acceptors (Lipinski definition) is 3. The first kappa shape index (κ1) is 10.4. The van der Waals surface area contributed by atoms with Crippen molar-refractivity contribution in [2.24, 2.45) is 5.73 Å². The van der Waals surface area contributed by atoms with Gasteiger partial charge in [0.1, 0.15) is 11.6 Å². The van der Waals surface area contributed by atoms with Crippen molar-refractivity contribution in [1.29, 1.82) is 0 Å². The topological polar surface area (TPSA) is 56.7 Å². The van der Waals surface area contributed by atoms with Crippen LogP contribution in [0, 0.1) is 5.82 Å². The molecule has 1 aliphatic rings. The standard InChI is InChI=1S/C12H13FN4/c13-9-5-3-8(4-6-9)11-15-16-12-10(14)2-1-7-17(11)12/h3-6,10H,1-2,7,14H2. The van der Waals surface area contributed by atoms with E-state index in [0.717, 1.165) is 36.6 Å². The highest BCUT2D eigenvalue weighted by atomic mass is 19.1. The van der Waals surface area contributed by atoms with Crippen LogP contribution in [0.1, 0.15) is 24.7 Å². The number of nitrogens with two attached hydrogens (primary N) is 1. The summed E-state index contributed by atoms with van der Waals surface area (Å²) >= 11 is 0. The van der Waals surface area contributed by atoms with E-state index in [4.69, 9.17) is 5.73 Å². The normalized spacial score (nSPS) is 19.1. The Morgan fingerprint density at radius 3 is 2.76 bits per heavy atom. The molecule has 1 unspecified atom stereocenters. The quantitative estimate of drug-likeness (QED) is 0.816. The number of hydrogen-bond donors (Lipinski definition) is 1. The van der Waals surface area contributed by atoms with Crippen molar-refractivity contribution in [2.75, 3.05) is 0 Å². The molecule has 0 saturated carbocycles. The second-order valence-electron chi connectivity index (χ2n) is 4.29. The maximum atomic E-state index is 12.9. The largest absolute Gasteiger partial charge is 0.321 e. The smallest absolute Gasteiger partial charge is 0.164 e. The van der Waals surface area contributed by atoms with Crippen molar-refractivity contribution in [1.82, 2.24) is 14.8 Å². The molecule has 1 atom stereocenters. The van der Waals surface area contributed by atoms with Crippen molar-refractivity contribution >= 4 is 0 Å². The summed E-state index contributed by atoms with van der Waals surface area (Å²) in [7, 11) is 0. The van der Waals surface area contributed by atoms with E-state index in [2.05, 4.69) is 10.2 Å². The van der Waals surface area contributed by atoms with Gasteiger partial charge in [-0.25, -0.2) is 4.39 Å². The zero-order valence-corrected chi connectivity index (χ0v) is 9.31.